The number of ether oxygens (including phenoxy) is 1. The quantitative estimate of drug-likeness (QED) is 0.691. The van der Waals surface area contributed by atoms with Crippen LogP contribution in [0.5, 0.6) is 0 Å². The molecule has 6 nitrogen and oxygen atoms in total. The van der Waals surface area contributed by atoms with Gasteiger partial charge in [-0.05, 0) is 30.2 Å². The lowest BCUT2D eigenvalue weighted by Gasteiger charge is -2.09. The van der Waals surface area contributed by atoms with Crippen LogP contribution in [0.3, 0.4) is 0 Å². The molecule has 6 heteroatoms. The molecule has 2 aromatic carbocycles. The Balaban J connectivity index is 1.71. The van der Waals surface area contributed by atoms with E-state index in [4.69, 9.17) is 4.74 Å². The Hall–Kier alpha value is -2.86. The maximum atomic E-state index is 11.8. The summed E-state index contributed by atoms with van der Waals surface area (Å²) in [5, 5.41) is 7.97. The van der Waals surface area contributed by atoms with Crippen molar-refractivity contribution in [2.24, 2.45) is 0 Å². The third-order valence-electron chi connectivity index (χ3n) is 3.38. The van der Waals surface area contributed by atoms with Crippen molar-refractivity contribution in [3.8, 4) is 0 Å². The summed E-state index contributed by atoms with van der Waals surface area (Å²) in [7, 11) is 0. The summed E-state index contributed by atoms with van der Waals surface area (Å²) in [6.07, 6.45) is 0. The van der Waals surface area contributed by atoms with E-state index in [-0.39, 0.29) is 12.5 Å². The highest BCUT2D eigenvalue weighted by Crippen LogP contribution is 2.06. The first-order valence-electron chi connectivity index (χ1n) is 8.19. The zero-order chi connectivity index (χ0) is 17.9. The summed E-state index contributed by atoms with van der Waals surface area (Å²) in [5.74, 6) is -0.278. The Labute approximate surface area is 147 Å². The number of hydrogen-bond acceptors (Lipinski definition) is 3. The van der Waals surface area contributed by atoms with Gasteiger partial charge in [-0.3, -0.25) is 4.79 Å². The standard InChI is InChI=1S/C19H23N3O3/c1-2-25-14-16-8-6-7-15(11-16)12-20-19(24)21-13-18(23)22-17-9-4-3-5-10-17/h3-11H,2,12-14H2,1H3,(H,22,23)(H2,20,21,24). The molecule has 0 aromatic heterocycles. The molecule has 0 atom stereocenters. The summed E-state index contributed by atoms with van der Waals surface area (Å²) in [5.41, 5.74) is 2.73. The highest BCUT2D eigenvalue weighted by Gasteiger charge is 2.05. The Morgan fingerprint density at radius 3 is 2.48 bits per heavy atom. The third-order valence-corrected chi connectivity index (χ3v) is 3.38. The summed E-state index contributed by atoms with van der Waals surface area (Å²) >= 11 is 0. The van der Waals surface area contributed by atoms with Crippen LogP contribution in [0.4, 0.5) is 10.5 Å². The molecule has 25 heavy (non-hydrogen) atoms. The van der Waals surface area contributed by atoms with Crippen molar-refractivity contribution in [1.82, 2.24) is 10.6 Å². The molecule has 2 rings (SSSR count). The third kappa shape index (κ3) is 7.05. The Bertz CT molecular complexity index is 689. The molecular formula is C19H23N3O3. The second-order valence-corrected chi connectivity index (χ2v) is 5.41. The number of para-hydroxylation sites is 1. The normalized spacial score (nSPS) is 10.1. The fourth-order valence-corrected chi connectivity index (χ4v) is 2.18. The van der Waals surface area contributed by atoms with Gasteiger partial charge in [0, 0.05) is 18.8 Å². The van der Waals surface area contributed by atoms with Crippen LogP contribution in [0.25, 0.3) is 0 Å². The predicted molar refractivity (Wildman–Crippen MR) is 97.1 cm³/mol. The van der Waals surface area contributed by atoms with Gasteiger partial charge < -0.3 is 20.7 Å². The first-order valence-corrected chi connectivity index (χ1v) is 8.19. The van der Waals surface area contributed by atoms with Gasteiger partial charge in [0.15, 0.2) is 0 Å². The van der Waals surface area contributed by atoms with Crippen LogP contribution >= 0.6 is 0 Å². The van der Waals surface area contributed by atoms with Gasteiger partial charge in [0.2, 0.25) is 5.91 Å². The molecule has 0 aliphatic heterocycles. The maximum Gasteiger partial charge on any atom is 0.315 e. The predicted octanol–water partition coefficient (Wildman–Crippen LogP) is 2.66. The van der Waals surface area contributed by atoms with Crippen LogP contribution in [0.15, 0.2) is 54.6 Å². The zero-order valence-corrected chi connectivity index (χ0v) is 14.2. The van der Waals surface area contributed by atoms with Crippen molar-refractivity contribution in [1.29, 1.82) is 0 Å². The lowest BCUT2D eigenvalue weighted by Crippen LogP contribution is -2.39. The lowest BCUT2D eigenvalue weighted by molar-refractivity contribution is -0.115. The van der Waals surface area contributed by atoms with E-state index in [1.54, 1.807) is 12.1 Å². The number of carbonyl (C=O) groups excluding carboxylic acids is 2. The van der Waals surface area contributed by atoms with E-state index >= 15 is 0 Å². The van der Waals surface area contributed by atoms with E-state index in [1.165, 1.54) is 0 Å². The number of carbonyl (C=O) groups is 2. The number of benzene rings is 2. The minimum absolute atomic E-state index is 0.0922. The van der Waals surface area contributed by atoms with Crippen molar-refractivity contribution in [2.45, 2.75) is 20.1 Å². The van der Waals surface area contributed by atoms with Crippen molar-refractivity contribution in [3.63, 3.8) is 0 Å². The fraction of sp³-hybridized carbons (Fsp3) is 0.263. The molecule has 0 spiro atoms. The van der Waals surface area contributed by atoms with E-state index in [9.17, 15) is 9.59 Å². The van der Waals surface area contributed by atoms with Crippen molar-refractivity contribution in [2.75, 3.05) is 18.5 Å². The molecule has 3 amide bonds. The second-order valence-electron chi connectivity index (χ2n) is 5.41. The van der Waals surface area contributed by atoms with Gasteiger partial charge in [-0.2, -0.15) is 0 Å². The van der Waals surface area contributed by atoms with Crippen molar-refractivity contribution >= 4 is 17.6 Å². The van der Waals surface area contributed by atoms with Gasteiger partial charge in [-0.25, -0.2) is 4.79 Å². The molecule has 0 unspecified atom stereocenters. The maximum absolute atomic E-state index is 11.8. The zero-order valence-electron chi connectivity index (χ0n) is 14.2. The molecule has 0 radical (unpaired) electrons. The summed E-state index contributed by atoms with van der Waals surface area (Å²) < 4.78 is 5.37. The molecule has 2 aromatic rings. The highest BCUT2D eigenvalue weighted by molar-refractivity contribution is 5.94. The minimum Gasteiger partial charge on any atom is -0.377 e. The molecule has 0 heterocycles. The molecule has 0 aliphatic rings. The number of anilines is 1. The number of nitrogens with one attached hydrogen (secondary N) is 3. The van der Waals surface area contributed by atoms with Crippen molar-refractivity contribution in [3.05, 3.63) is 65.7 Å². The number of urea groups is 1. The van der Waals surface area contributed by atoms with Gasteiger partial charge >= 0.3 is 6.03 Å². The highest BCUT2D eigenvalue weighted by atomic mass is 16.5. The Morgan fingerprint density at radius 2 is 1.72 bits per heavy atom. The molecule has 0 fully saturated rings. The fourth-order valence-electron chi connectivity index (χ4n) is 2.18. The molecule has 3 N–H and O–H groups in total. The summed E-state index contributed by atoms with van der Waals surface area (Å²) in [6.45, 7) is 3.45. The number of rotatable bonds is 8. The molecular weight excluding hydrogens is 318 g/mol. The van der Waals surface area contributed by atoms with Gasteiger partial charge in [-0.1, -0.05) is 42.5 Å². The summed E-state index contributed by atoms with van der Waals surface area (Å²) in [6, 6.07) is 16.5. The first kappa shape index (κ1) is 18.5. The van der Waals surface area contributed by atoms with Gasteiger partial charge in [0.1, 0.15) is 0 Å². The van der Waals surface area contributed by atoms with Crippen LogP contribution in [0.1, 0.15) is 18.1 Å². The van der Waals surface area contributed by atoms with Crippen LogP contribution in [0, 0.1) is 0 Å². The largest absolute Gasteiger partial charge is 0.377 e. The van der Waals surface area contributed by atoms with E-state index in [0.717, 1.165) is 11.1 Å². The monoisotopic (exact) mass is 341 g/mol. The smallest absolute Gasteiger partial charge is 0.315 e. The molecule has 0 saturated carbocycles. The average Bonchev–Trinajstić information content (AvgIpc) is 2.64. The van der Waals surface area contributed by atoms with E-state index in [0.29, 0.717) is 25.4 Å². The Morgan fingerprint density at radius 1 is 0.960 bits per heavy atom. The van der Waals surface area contributed by atoms with Crippen LogP contribution in [0.2, 0.25) is 0 Å². The molecule has 0 aliphatic carbocycles. The van der Waals surface area contributed by atoms with Crippen molar-refractivity contribution < 1.29 is 14.3 Å². The van der Waals surface area contributed by atoms with Gasteiger partial charge in [0.05, 0.1) is 13.2 Å². The van der Waals surface area contributed by atoms with E-state index in [1.807, 2.05) is 49.4 Å². The molecule has 0 saturated heterocycles. The van der Waals surface area contributed by atoms with Gasteiger partial charge in [0.25, 0.3) is 0 Å². The van der Waals surface area contributed by atoms with E-state index < -0.39 is 6.03 Å². The second kappa shape index (κ2) is 10.1. The lowest BCUT2D eigenvalue weighted by atomic mass is 10.1. The van der Waals surface area contributed by atoms with Gasteiger partial charge in [-0.15, -0.1) is 0 Å². The SMILES string of the molecule is CCOCc1cccc(CNC(=O)NCC(=O)Nc2ccccc2)c1. The minimum atomic E-state index is -0.390. The number of hydrogen-bond donors (Lipinski definition) is 3. The summed E-state index contributed by atoms with van der Waals surface area (Å²) in [4.78, 5) is 23.6. The Kier molecular flexibility index (Phi) is 7.46. The van der Waals surface area contributed by atoms with Crippen LogP contribution in [-0.2, 0) is 22.7 Å². The number of amides is 3. The van der Waals surface area contributed by atoms with E-state index in [2.05, 4.69) is 16.0 Å². The first-order chi connectivity index (χ1) is 12.2. The molecule has 0 bridgehead atoms. The average molecular weight is 341 g/mol. The molecule has 132 valence electrons. The van der Waals surface area contributed by atoms with Crippen LogP contribution in [-0.4, -0.2) is 25.1 Å². The topological polar surface area (TPSA) is 79.5 Å². The van der Waals surface area contributed by atoms with Crippen LogP contribution < -0.4 is 16.0 Å².